The standard InChI is InChI=1S/C22H27N3O2/c26-22(20-17-23-11-16-27-20)25-14-12-24(13-15-25)21(18-7-3-1-4-8-18)19-9-5-2-6-10-19/h1-10,20-21,23H,11-17H2/t20-/m1/s1. The predicted molar refractivity (Wildman–Crippen MR) is 105 cm³/mol. The fraction of sp³-hybridized carbons (Fsp3) is 0.409. The molecule has 142 valence electrons. The number of amides is 1. The van der Waals surface area contributed by atoms with Gasteiger partial charge in [0.25, 0.3) is 5.91 Å². The van der Waals surface area contributed by atoms with Gasteiger partial charge in [-0.1, -0.05) is 60.7 Å². The van der Waals surface area contributed by atoms with Crippen LogP contribution in [0.15, 0.2) is 60.7 Å². The van der Waals surface area contributed by atoms with Gasteiger partial charge in [-0.2, -0.15) is 0 Å². The second-order valence-electron chi connectivity index (χ2n) is 7.15. The first-order valence-electron chi connectivity index (χ1n) is 9.78. The Morgan fingerprint density at radius 1 is 0.926 bits per heavy atom. The third-order valence-electron chi connectivity index (χ3n) is 5.42. The van der Waals surface area contributed by atoms with E-state index >= 15 is 0 Å². The molecule has 1 atom stereocenters. The lowest BCUT2D eigenvalue weighted by molar-refractivity contribution is -0.147. The molecule has 5 heteroatoms. The molecule has 1 amide bonds. The van der Waals surface area contributed by atoms with E-state index in [1.165, 1.54) is 11.1 Å². The van der Waals surface area contributed by atoms with Crippen LogP contribution in [0, 0.1) is 0 Å². The molecule has 2 aromatic carbocycles. The molecule has 2 aromatic rings. The van der Waals surface area contributed by atoms with Gasteiger partial charge >= 0.3 is 0 Å². The number of rotatable bonds is 4. The number of nitrogens with one attached hydrogen (secondary N) is 1. The summed E-state index contributed by atoms with van der Waals surface area (Å²) in [5, 5.41) is 3.24. The molecule has 1 N–H and O–H groups in total. The van der Waals surface area contributed by atoms with Gasteiger partial charge in [0.1, 0.15) is 6.10 Å². The van der Waals surface area contributed by atoms with E-state index in [9.17, 15) is 4.79 Å². The normalized spacial score (nSPS) is 21.4. The number of nitrogens with zero attached hydrogens (tertiary/aromatic N) is 2. The lowest BCUT2D eigenvalue weighted by atomic mass is 9.96. The Morgan fingerprint density at radius 2 is 1.52 bits per heavy atom. The van der Waals surface area contributed by atoms with Crippen molar-refractivity contribution in [3.05, 3.63) is 71.8 Å². The molecule has 0 unspecified atom stereocenters. The number of morpholine rings is 1. The molecule has 0 radical (unpaired) electrons. The van der Waals surface area contributed by atoms with Crippen LogP contribution < -0.4 is 5.32 Å². The van der Waals surface area contributed by atoms with Gasteiger partial charge in [-0.05, 0) is 11.1 Å². The van der Waals surface area contributed by atoms with Crippen molar-refractivity contribution < 1.29 is 9.53 Å². The van der Waals surface area contributed by atoms with Gasteiger partial charge in [-0.15, -0.1) is 0 Å². The maximum atomic E-state index is 12.7. The van der Waals surface area contributed by atoms with E-state index in [-0.39, 0.29) is 18.1 Å². The van der Waals surface area contributed by atoms with Gasteiger partial charge < -0.3 is 15.0 Å². The van der Waals surface area contributed by atoms with E-state index in [1.807, 2.05) is 4.90 Å². The summed E-state index contributed by atoms with van der Waals surface area (Å²) < 4.78 is 5.64. The zero-order valence-electron chi connectivity index (χ0n) is 15.6. The molecule has 2 fully saturated rings. The predicted octanol–water partition coefficient (Wildman–Crippen LogP) is 1.91. The number of benzene rings is 2. The molecule has 27 heavy (non-hydrogen) atoms. The first-order chi connectivity index (χ1) is 13.3. The van der Waals surface area contributed by atoms with Crippen molar-refractivity contribution in [1.29, 1.82) is 0 Å². The third kappa shape index (κ3) is 4.21. The zero-order chi connectivity index (χ0) is 18.5. The van der Waals surface area contributed by atoms with E-state index in [2.05, 4.69) is 70.9 Å². The lowest BCUT2D eigenvalue weighted by Gasteiger charge is -2.41. The van der Waals surface area contributed by atoms with E-state index < -0.39 is 0 Å². The lowest BCUT2D eigenvalue weighted by Crippen LogP contribution is -2.55. The molecule has 0 saturated carbocycles. The van der Waals surface area contributed by atoms with E-state index in [0.717, 1.165) is 32.7 Å². The van der Waals surface area contributed by atoms with Crippen molar-refractivity contribution in [3.8, 4) is 0 Å². The fourth-order valence-electron chi connectivity index (χ4n) is 4.01. The van der Waals surface area contributed by atoms with Gasteiger partial charge in [0, 0.05) is 39.3 Å². The monoisotopic (exact) mass is 365 g/mol. The average molecular weight is 365 g/mol. The Labute approximate surface area is 160 Å². The minimum absolute atomic E-state index is 0.123. The topological polar surface area (TPSA) is 44.8 Å². The Bertz CT molecular complexity index is 684. The number of ether oxygens (including phenoxy) is 1. The number of piperazine rings is 1. The molecule has 2 aliphatic rings. The molecule has 2 saturated heterocycles. The summed E-state index contributed by atoms with van der Waals surface area (Å²) in [5.74, 6) is 0.123. The summed E-state index contributed by atoms with van der Waals surface area (Å²) in [6.45, 7) is 5.27. The summed E-state index contributed by atoms with van der Waals surface area (Å²) in [6, 6.07) is 21.5. The molecule has 0 aliphatic carbocycles. The second kappa shape index (κ2) is 8.65. The Morgan fingerprint density at radius 3 is 2.04 bits per heavy atom. The van der Waals surface area contributed by atoms with Crippen LogP contribution in [0.25, 0.3) is 0 Å². The van der Waals surface area contributed by atoms with Crippen molar-refractivity contribution in [2.75, 3.05) is 45.9 Å². The van der Waals surface area contributed by atoms with Crippen LogP contribution in [0.4, 0.5) is 0 Å². The number of hydrogen-bond donors (Lipinski definition) is 1. The minimum atomic E-state index is -0.329. The van der Waals surface area contributed by atoms with Crippen molar-refractivity contribution in [2.24, 2.45) is 0 Å². The highest BCUT2D eigenvalue weighted by Gasteiger charge is 2.32. The summed E-state index contributed by atoms with van der Waals surface area (Å²) >= 11 is 0. The molecule has 4 rings (SSSR count). The highest BCUT2D eigenvalue weighted by Crippen LogP contribution is 2.29. The highest BCUT2D eigenvalue weighted by atomic mass is 16.5. The van der Waals surface area contributed by atoms with Crippen LogP contribution in [-0.2, 0) is 9.53 Å². The quantitative estimate of drug-likeness (QED) is 0.899. The van der Waals surface area contributed by atoms with Gasteiger partial charge in [0.15, 0.2) is 0 Å². The maximum absolute atomic E-state index is 12.7. The molecule has 2 aliphatic heterocycles. The molecular formula is C22H27N3O2. The van der Waals surface area contributed by atoms with Crippen LogP contribution in [0.2, 0.25) is 0 Å². The summed E-state index contributed by atoms with van der Waals surface area (Å²) in [7, 11) is 0. The number of carbonyl (C=O) groups excluding carboxylic acids is 1. The molecular weight excluding hydrogens is 338 g/mol. The van der Waals surface area contributed by atoms with Crippen molar-refractivity contribution in [1.82, 2.24) is 15.1 Å². The van der Waals surface area contributed by atoms with Crippen molar-refractivity contribution in [3.63, 3.8) is 0 Å². The largest absolute Gasteiger partial charge is 0.366 e. The van der Waals surface area contributed by atoms with Crippen molar-refractivity contribution in [2.45, 2.75) is 12.1 Å². The van der Waals surface area contributed by atoms with Crippen LogP contribution in [0.3, 0.4) is 0 Å². The smallest absolute Gasteiger partial charge is 0.253 e. The number of carbonyl (C=O) groups is 1. The molecule has 0 spiro atoms. The van der Waals surface area contributed by atoms with Gasteiger partial charge in [-0.25, -0.2) is 0 Å². The maximum Gasteiger partial charge on any atom is 0.253 e. The zero-order valence-corrected chi connectivity index (χ0v) is 15.6. The fourth-order valence-corrected chi connectivity index (χ4v) is 4.01. The molecule has 0 bridgehead atoms. The van der Waals surface area contributed by atoms with E-state index in [4.69, 9.17) is 4.74 Å². The summed E-state index contributed by atoms with van der Waals surface area (Å²) in [6.07, 6.45) is -0.329. The average Bonchev–Trinajstić information content (AvgIpc) is 2.76. The van der Waals surface area contributed by atoms with E-state index in [1.54, 1.807) is 0 Å². The first-order valence-corrected chi connectivity index (χ1v) is 9.78. The highest BCUT2D eigenvalue weighted by molar-refractivity contribution is 5.81. The van der Waals surface area contributed by atoms with Gasteiger partial charge in [0.05, 0.1) is 12.6 Å². The van der Waals surface area contributed by atoms with Gasteiger partial charge in [-0.3, -0.25) is 9.69 Å². The Kier molecular flexibility index (Phi) is 5.82. The summed E-state index contributed by atoms with van der Waals surface area (Å²) in [5.41, 5.74) is 2.59. The Hall–Kier alpha value is -2.21. The van der Waals surface area contributed by atoms with Crippen LogP contribution >= 0.6 is 0 Å². The Balaban J connectivity index is 1.46. The SMILES string of the molecule is O=C([C@H]1CNCCO1)N1CCN(C(c2ccccc2)c2ccccc2)CC1. The minimum Gasteiger partial charge on any atom is -0.366 e. The third-order valence-corrected chi connectivity index (χ3v) is 5.42. The van der Waals surface area contributed by atoms with E-state index in [0.29, 0.717) is 13.2 Å². The summed E-state index contributed by atoms with van der Waals surface area (Å²) in [4.78, 5) is 17.2. The van der Waals surface area contributed by atoms with Crippen molar-refractivity contribution >= 4 is 5.91 Å². The molecule has 5 nitrogen and oxygen atoms in total. The molecule has 0 aromatic heterocycles. The van der Waals surface area contributed by atoms with Crippen LogP contribution in [0.5, 0.6) is 0 Å². The second-order valence-corrected chi connectivity index (χ2v) is 7.15. The van der Waals surface area contributed by atoms with Gasteiger partial charge in [0.2, 0.25) is 0 Å². The first kappa shape index (κ1) is 18.2. The van der Waals surface area contributed by atoms with Crippen LogP contribution in [0.1, 0.15) is 17.2 Å². The molecule has 2 heterocycles. The van der Waals surface area contributed by atoms with Crippen LogP contribution in [-0.4, -0.2) is 67.7 Å². The number of hydrogen-bond acceptors (Lipinski definition) is 4.